The van der Waals surface area contributed by atoms with Crippen molar-refractivity contribution in [2.75, 3.05) is 25.4 Å². The van der Waals surface area contributed by atoms with Gasteiger partial charge in [0.1, 0.15) is 11.1 Å². The molecule has 0 amide bonds. The lowest BCUT2D eigenvalue weighted by atomic mass is 10.0. The lowest BCUT2D eigenvalue weighted by Gasteiger charge is -2.22. The molecule has 0 saturated carbocycles. The number of hydrogen-bond donors (Lipinski definition) is 0. The van der Waals surface area contributed by atoms with E-state index in [1.54, 1.807) is 18.0 Å². The molecule has 1 aromatic heterocycles. The first-order valence-electron chi connectivity index (χ1n) is 8.19. The van der Waals surface area contributed by atoms with Crippen molar-refractivity contribution in [3.63, 3.8) is 0 Å². The molecule has 0 N–H and O–H groups in total. The van der Waals surface area contributed by atoms with E-state index in [-0.39, 0.29) is 0 Å². The largest absolute Gasteiger partial charge is 0.472 e. The summed E-state index contributed by atoms with van der Waals surface area (Å²) in [5.74, 6) is 2.52. The minimum Gasteiger partial charge on any atom is -0.472 e. The molecule has 116 valence electrons. The highest BCUT2D eigenvalue weighted by Gasteiger charge is 2.39. The fourth-order valence-corrected chi connectivity index (χ4v) is 4.03. The molecule has 2 aliphatic rings. The quantitative estimate of drug-likeness (QED) is 0.544. The van der Waals surface area contributed by atoms with Crippen LogP contribution in [-0.4, -0.2) is 46.4 Å². The highest BCUT2D eigenvalue weighted by Crippen LogP contribution is 2.30. The molecule has 1 aromatic rings. The van der Waals surface area contributed by atoms with Crippen molar-refractivity contribution in [2.45, 2.75) is 50.2 Å². The Morgan fingerprint density at radius 3 is 3.00 bits per heavy atom. The lowest BCUT2D eigenvalue weighted by Crippen LogP contribution is -2.32. The van der Waals surface area contributed by atoms with Gasteiger partial charge in [0.25, 0.3) is 0 Å². The fraction of sp³-hybridized carbons (Fsp3) is 0.750. The van der Waals surface area contributed by atoms with E-state index in [0.29, 0.717) is 17.9 Å². The summed E-state index contributed by atoms with van der Waals surface area (Å²) >= 11 is 1.79. The number of rotatable bonds is 8. The van der Waals surface area contributed by atoms with Crippen LogP contribution < -0.4 is 4.74 Å². The Hall–Kier alpha value is -0.810. The molecule has 2 aliphatic heterocycles. The van der Waals surface area contributed by atoms with Crippen molar-refractivity contribution in [3.8, 4) is 5.88 Å². The van der Waals surface area contributed by atoms with Gasteiger partial charge < -0.3 is 4.74 Å². The average Bonchev–Trinajstić information content (AvgIpc) is 3.10. The van der Waals surface area contributed by atoms with Crippen molar-refractivity contribution in [3.05, 3.63) is 12.4 Å². The van der Waals surface area contributed by atoms with Gasteiger partial charge in [-0.15, -0.1) is 11.8 Å². The number of nitrogens with zero attached hydrogens (tertiary/aromatic N) is 3. The number of fused-ring (bicyclic) bond motifs is 2. The van der Waals surface area contributed by atoms with Gasteiger partial charge in [0.15, 0.2) is 0 Å². The molecular formula is C16H25N3OS. The second-order valence-corrected chi connectivity index (χ2v) is 7.18. The van der Waals surface area contributed by atoms with Crippen molar-refractivity contribution in [1.82, 2.24) is 14.9 Å². The Morgan fingerprint density at radius 2 is 2.24 bits per heavy atom. The van der Waals surface area contributed by atoms with Gasteiger partial charge in [-0.05, 0) is 25.1 Å². The summed E-state index contributed by atoms with van der Waals surface area (Å²) in [5.41, 5.74) is 0. The Morgan fingerprint density at radius 1 is 1.29 bits per heavy atom. The molecule has 0 aromatic carbocycles. The van der Waals surface area contributed by atoms with Crippen LogP contribution in [0.15, 0.2) is 17.4 Å². The Balaban J connectivity index is 1.47. The standard InChI is InChI=1S/C16H25N3OS/c1-2-3-4-5-8-21-16-10-17-9-15(18-16)20-14-12-19-7-6-13(14)11-19/h9-10,13-14H,2-8,11-12H2,1H3. The summed E-state index contributed by atoms with van der Waals surface area (Å²) in [5, 5.41) is 0.993. The monoisotopic (exact) mass is 307 g/mol. The number of thioether (sulfide) groups is 1. The van der Waals surface area contributed by atoms with Crippen LogP contribution in [0.5, 0.6) is 5.88 Å². The van der Waals surface area contributed by atoms with Gasteiger partial charge in [-0.1, -0.05) is 26.2 Å². The summed E-state index contributed by atoms with van der Waals surface area (Å²) in [7, 11) is 0. The van der Waals surface area contributed by atoms with Crippen LogP contribution in [0.1, 0.15) is 39.0 Å². The number of unbranched alkanes of at least 4 members (excludes halogenated alkanes) is 3. The SMILES string of the molecule is CCCCCCSc1cncc(OC2CN3CCC2C3)n1. The molecule has 5 heteroatoms. The molecule has 2 saturated heterocycles. The second kappa shape index (κ2) is 7.45. The van der Waals surface area contributed by atoms with Gasteiger partial charge in [0.05, 0.1) is 12.4 Å². The maximum atomic E-state index is 6.07. The van der Waals surface area contributed by atoms with E-state index in [2.05, 4.69) is 21.8 Å². The molecular weight excluding hydrogens is 282 g/mol. The van der Waals surface area contributed by atoms with Crippen molar-refractivity contribution >= 4 is 11.8 Å². The van der Waals surface area contributed by atoms with Gasteiger partial charge in [-0.3, -0.25) is 9.88 Å². The maximum absolute atomic E-state index is 6.07. The second-order valence-electron chi connectivity index (χ2n) is 6.07. The van der Waals surface area contributed by atoms with Crippen LogP contribution in [0.3, 0.4) is 0 Å². The molecule has 0 aliphatic carbocycles. The molecule has 0 spiro atoms. The Bertz CT molecular complexity index is 457. The number of piperidine rings is 1. The van der Waals surface area contributed by atoms with Crippen molar-refractivity contribution in [1.29, 1.82) is 0 Å². The van der Waals surface area contributed by atoms with E-state index >= 15 is 0 Å². The molecule has 4 nitrogen and oxygen atoms in total. The van der Waals surface area contributed by atoms with Crippen LogP contribution in [0, 0.1) is 5.92 Å². The third-order valence-electron chi connectivity index (χ3n) is 4.38. The first-order chi connectivity index (χ1) is 10.3. The van der Waals surface area contributed by atoms with Crippen LogP contribution in [0.25, 0.3) is 0 Å². The molecule has 0 radical (unpaired) electrons. The minimum absolute atomic E-state index is 0.317. The molecule has 2 bridgehead atoms. The molecule has 21 heavy (non-hydrogen) atoms. The van der Waals surface area contributed by atoms with Gasteiger partial charge in [0, 0.05) is 19.0 Å². The minimum atomic E-state index is 0.317. The zero-order valence-corrected chi connectivity index (χ0v) is 13.6. The number of ether oxygens (including phenoxy) is 1. The van der Waals surface area contributed by atoms with E-state index in [1.165, 1.54) is 45.2 Å². The Labute approximate surface area is 131 Å². The maximum Gasteiger partial charge on any atom is 0.233 e. The first-order valence-corrected chi connectivity index (χ1v) is 9.17. The molecule has 3 rings (SSSR count). The van der Waals surface area contributed by atoms with E-state index in [1.807, 2.05) is 6.20 Å². The zero-order valence-electron chi connectivity index (χ0n) is 12.8. The van der Waals surface area contributed by atoms with E-state index in [4.69, 9.17) is 4.74 Å². The van der Waals surface area contributed by atoms with Crippen molar-refractivity contribution in [2.24, 2.45) is 5.92 Å². The van der Waals surface area contributed by atoms with E-state index < -0.39 is 0 Å². The highest BCUT2D eigenvalue weighted by atomic mass is 32.2. The summed E-state index contributed by atoms with van der Waals surface area (Å²) in [6.45, 7) is 5.74. The normalized spacial score (nSPS) is 27.2. The average molecular weight is 307 g/mol. The summed E-state index contributed by atoms with van der Waals surface area (Å²) in [4.78, 5) is 11.4. The van der Waals surface area contributed by atoms with E-state index in [9.17, 15) is 0 Å². The van der Waals surface area contributed by atoms with Crippen LogP contribution >= 0.6 is 11.8 Å². The van der Waals surface area contributed by atoms with Gasteiger partial charge in [-0.2, -0.15) is 0 Å². The number of hydrogen-bond acceptors (Lipinski definition) is 5. The zero-order chi connectivity index (χ0) is 14.5. The summed E-state index contributed by atoms with van der Waals surface area (Å²) < 4.78 is 6.07. The van der Waals surface area contributed by atoms with Crippen LogP contribution in [-0.2, 0) is 0 Å². The van der Waals surface area contributed by atoms with Gasteiger partial charge >= 0.3 is 0 Å². The van der Waals surface area contributed by atoms with Gasteiger partial charge in [0.2, 0.25) is 5.88 Å². The van der Waals surface area contributed by atoms with Crippen molar-refractivity contribution < 1.29 is 4.74 Å². The van der Waals surface area contributed by atoms with Gasteiger partial charge in [-0.25, -0.2) is 4.98 Å². The first kappa shape index (κ1) is 15.1. The lowest BCUT2D eigenvalue weighted by molar-refractivity contribution is 0.134. The molecule has 3 unspecified atom stereocenters. The highest BCUT2D eigenvalue weighted by molar-refractivity contribution is 7.99. The Kier molecular flexibility index (Phi) is 5.36. The molecule has 3 heterocycles. The smallest absolute Gasteiger partial charge is 0.233 e. The summed E-state index contributed by atoms with van der Waals surface area (Å²) in [6.07, 6.45) is 10.4. The number of aromatic nitrogens is 2. The fourth-order valence-electron chi connectivity index (χ4n) is 3.19. The predicted molar refractivity (Wildman–Crippen MR) is 85.9 cm³/mol. The summed E-state index contributed by atoms with van der Waals surface area (Å²) in [6, 6.07) is 0. The molecule has 2 fully saturated rings. The van der Waals surface area contributed by atoms with E-state index in [0.717, 1.165) is 17.3 Å². The topological polar surface area (TPSA) is 38.2 Å². The van der Waals surface area contributed by atoms with Crippen LogP contribution in [0.2, 0.25) is 0 Å². The third-order valence-corrected chi connectivity index (χ3v) is 5.37. The third kappa shape index (κ3) is 4.10. The molecule has 3 atom stereocenters. The van der Waals surface area contributed by atoms with Crippen LogP contribution in [0.4, 0.5) is 0 Å². The predicted octanol–water partition coefficient (Wildman–Crippen LogP) is 3.23.